The summed E-state index contributed by atoms with van der Waals surface area (Å²) in [6.07, 6.45) is -1.05. The molecule has 2 saturated heterocycles. The van der Waals surface area contributed by atoms with E-state index in [1.165, 1.54) is 6.20 Å². The van der Waals surface area contributed by atoms with Gasteiger partial charge in [0.25, 0.3) is 0 Å². The zero-order chi connectivity index (χ0) is 19.7. The van der Waals surface area contributed by atoms with Crippen LogP contribution in [-0.2, 0) is 16.2 Å². The molecule has 1 saturated carbocycles. The van der Waals surface area contributed by atoms with Gasteiger partial charge in [0, 0.05) is 36.9 Å². The molecule has 3 aliphatic rings. The lowest BCUT2D eigenvalue weighted by Gasteiger charge is -2.34. The number of fused-ring (bicyclic) bond motifs is 2. The van der Waals surface area contributed by atoms with Gasteiger partial charge in [-0.05, 0) is 31.4 Å². The highest BCUT2D eigenvalue weighted by molar-refractivity contribution is 7.90. The molecule has 28 heavy (non-hydrogen) atoms. The predicted molar refractivity (Wildman–Crippen MR) is 90.7 cm³/mol. The number of piperazine rings is 1. The van der Waals surface area contributed by atoms with E-state index in [1.54, 1.807) is 16.4 Å². The highest BCUT2D eigenvalue weighted by Crippen LogP contribution is 2.40. The van der Waals surface area contributed by atoms with Crippen molar-refractivity contribution in [2.45, 2.75) is 42.8 Å². The van der Waals surface area contributed by atoms with Crippen LogP contribution < -0.4 is 4.90 Å². The molecule has 2 aromatic rings. The second-order valence-electron chi connectivity index (χ2n) is 7.34. The second-order valence-corrected chi connectivity index (χ2v) is 9.50. The number of pyridine rings is 1. The van der Waals surface area contributed by atoms with Gasteiger partial charge in [0.1, 0.15) is 5.82 Å². The Labute approximate surface area is 158 Å². The highest BCUT2D eigenvalue weighted by Gasteiger charge is 2.52. The zero-order valence-corrected chi connectivity index (χ0v) is 15.3. The summed E-state index contributed by atoms with van der Waals surface area (Å²) in [4.78, 5) is 9.71. The van der Waals surface area contributed by atoms with Crippen molar-refractivity contribution in [3.05, 3.63) is 24.2 Å². The van der Waals surface area contributed by atoms with Crippen LogP contribution in [0.2, 0.25) is 0 Å². The van der Waals surface area contributed by atoms with Crippen LogP contribution in [0.3, 0.4) is 0 Å². The lowest BCUT2D eigenvalue weighted by Crippen LogP contribution is -2.49. The first-order chi connectivity index (χ1) is 13.2. The lowest BCUT2D eigenvalue weighted by atomic mass is 10.2. The summed E-state index contributed by atoms with van der Waals surface area (Å²) < 4.78 is 68.6. The van der Waals surface area contributed by atoms with Crippen molar-refractivity contribution in [1.29, 1.82) is 0 Å². The molecule has 1 aliphatic carbocycles. The number of sulfonamides is 1. The molecule has 2 bridgehead atoms. The molecule has 0 spiro atoms. The van der Waals surface area contributed by atoms with Crippen LogP contribution in [0.5, 0.6) is 0 Å². The summed E-state index contributed by atoms with van der Waals surface area (Å²) in [6.45, 7) is 1.01. The highest BCUT2D eigenvalue weighted by atomic mass is 32.2. The predicted octanol–water partition coefficient (Wildman–Crippen LogP) is 1.91. The van der Waals surface area contributed by atoms with Crippen molar-refractivity contribution in [1.82, 2.24) is 19.4 Å². The van der Waals surface area contributed by atoms with Gasteiger partial charge >= 0.3 is 12.1 Å². The maximum atomic E-state index is 12.6. The normalized spacial score (nSPS) is 25.6. The van der Waals surface area contributed by atoms with E-state index < -0.39 is 22.1 Å². The van der Waals surface area contributed by atoms with Crippen molar-refractivity contribution in [2.24, 2.45) is 0 Å². The first-order valence-electron chi connectivity index (χ1n) is 8.88. The fourth-order valence-electron chi connectivity index (χ4n) is 3.92. The molecule has 0 N–H and O–H groups in total. The molecular weight excluding hydrogens is 399 g/mol. The van der Waals surface area contributed by atoms with Gasteiger partial charge in [-0.3, -0.25) is 0 Å². The summed E-state index contributed by atoms with van der Waals surface area (Å²) in [7, 11) is -3.19. The SMILES string of the molecule is O=S(=O)(C1CC1)N1CC2CC1CN2c1ccc(-c2noc(C(F)(F)F)n2)cn1. The van der Waals surface area contributed by atoms with Crippen LogP contribution in [0.4, 0.5) is 19.0 Å². The molecule has 0 amide bonds. The van der Waals surface area contributed by atoms with Crippen LogP contribution in [0, 0.1) is 0 Å². The van der Waals surface area contributed by atoms with E-state index in [-0.39, 0.29) is 23.2 Å². The topological polar surface area (TPSA) is 92.4 Å². The van der Waals surface area contributed by atoms with Gasteiger partial charge in [0.2, 0.25) is 15.8 Å². The smallest absolute Gasteiger partial charge is 0.351 e. The summed E-state index contributed by atoms with van der Waals surface area (Å²) >= 11 is 0. The maximum Gasteiger partial charge on any atom is 0.471 e. The van der Waals surface area contributed by atoms with E-state index in [0.29, 0.717) is 24.5 Å². The average molecular weight is 415 g/mol. The minimum atomic E-state index is -4.69. The number of anilines is 1. The summed E-state index contributed by atoms with van der Waals surface area (Å²) in [5, 5.41) is 3.13. The Morgan fingerprint density at radius 2 is 1.93 bits per heavy atom. The third kappa shape index (κ3) is 2.85. The van der Waals surface area contributed by atoms with Crippen LogP contribution in [0.1, 0.15) is 25.2 Å². The molecule has 12 heteroatoms. The summed E-state index contributed by atoms with van der Waals surface area (Å²) in [5.74, 6) is -0.935. The fraction of sp³-hybridized carbons (Fsp3) is 0.562. The van der Waals surface area contributed by atoms with Crippen LogP contribution in [0.15, 0.2) is 22.9 Å². The third-order valence-electron chi connectivity index (χ3n) is 5.43. The van der Waals surface area contributed by atoms with Gasteiger partial charge < -0.3 is 9.42 Å². The fourth-order valence-corrected chi connectivity index (χ4v) is 5.99. The summed E-state index contributed by atoms with van der Waals surface area (Å²) in [5.41, 5.74) is 0.310. The van der Waals surface area contributed by atoms with Crippen molar-refractivity contribution in [3.63, 3.8) is 0 Å². The van der Waals surface area contributed by atoms with E-state index in [1.807, 2.05) is 4.90 Å². The Hall–Kier alpha value is -2.21. The van der Waals surface area contributed by atoms with Crippen molar-refractivity contribution in [3.8, 4) is 11.4 Å². The van der Waals surface area contributed by atoms with Gasteiger partial charge in [-0.2, -0.15) is 22.5 Å². The van der Waals surface area contributed by atoms with Crippen LogP contribution >= 0.6 is 0 Å². The Balaban J connectivity index is 1.31. The first kappa shape index (κ1) is 17.9. The molecule has 0 aromatic carbocycles. The molecule has 2 atom stereocenters. The van der Waals surface area contributed by atoms with Crippen LogP contribution in [0.25, 0.3) is 11.4 Å². The number of hydrogen-bond acceptors (Lipinski definition) is 7. The maximum absolute atomic E-state index is 12.6. The molecule has 2 aliphatic heterocycles. The Morgan fingerprint density at radius 1 is 1.14 bits per heavy atom. The zero-order valence-electron chi connectivity index (χ0n) is 14.5. The number of hydrogen-bond donors (Lipinski definition) is 0. The molecule has 2 aromatic heterocycles. The number of nitrogens with zero attached hydrogens (tertiary/aromatic N) is 5. The Kier molecular flexibility index (Phi) is 3.76. The van der Waals surface area contributed by atoms with Gasteiger partial charge in [-0.1, -0.05) is 5.16 Å². The molecule has 4 heterocycles. The first-order valence-corrected chi connectivity index (χ1v) is 10.4. The van der Waals surface area contributed by atoms with Crippen molar-refractivity contribution < 1.29 is 26.1 Å². The quantitative estimate of drug-likeness (QED) is 0.753. The number of aromatic nitrogens is 3. The molecule has 8 nitrogen and oxygen atoms in total. The third-order valence-corrected chi connectivity index (χ3v) is 7.85. The second kappa shape index (κ2) is 5.89. The minimum absolute atomic E-state index is 0.0522. The Morgan fingerprint density at radius 3 is 2.46 bits per heavy atom. The number of alkyl halides is 3. The largest absolute Gasteiger partial charge is 0.471 e. The van der Waals surface area contributed by atoms with Crippen LogP contribution in [-0.4, -0.2) is 58.3 Å². The molecule has 0 radical (unpaired) electrons. The molecule has 2 unspecified atom stereocenters. The van der Waals surface area contributed by atoms with E-state index >= 15 is 0 Å². The minimum Gasteiger partial charge on any atom is -0.351 e. The molecule has 5 rings (SSSR count). The monoisotopic (exact) mass is 415 g/mol. The molecule has 150 valence electrons. The van der Waals surface area contributed by atoms with E-state index in [4.69, 9.17) is 0 Å². The Bertz CT molecular complexity index is 1000. The van der Waals surface area contributed by atoms with Gasteiger partial charge in [0.15, 0.2) is 0 Å². The molecular formula is C16H16F3N5O3S. The molecule has 3 fully saturated rings. The van der Waals surface area contributed by atoms with E-state index in [9.17, 15) is 21.6 Å². The van der Waals surface area contributed by atoms with Crippen molar-refractivity contribution in [2.75, 3.05) is 18.0 Å². The standard InChI is InChI=1S/C16H16F3N5O3S/c17-16(18,19)15-21-14(22-27-15)9-1-4-13(20-6-9)23-7-11-5-10(23)8-24(11)28(25,26)12-2-3-12/h1,4,6,10-12H,2-3,5,7-8H2. The lowest BCUT2D eigenvalue weighted by molar-refractivity contribution is -0.159. The van der Waals surface area contributed by atoms with E-state index in [0.717, 1.165) is 19.3 Å². The van der Waals surface area contributed by atoms with Crippen molar-refractivity contribution >= 4 is 15.8 Å². The van der Waals surface area contributed by atoms with Gasteiger partial charge in [-0.25, -0.2) is 13.4 Å². The average Bonchev–Trinajstić information content (AvgIpc) is 3.09. The number of halogens is 3. The summed E-state index contributed by atoms with van der Waals surface area (Å²) in [6, 6.07) is 3.26. The van der Waals surface area contributed by atoms with E-state index in [2.05, 4.69) is 19.6 Å². The van der Waals surface area contributed by atoms with Gasteiger partial charge in [-0.15, -0.1) is 0 Å². The van der Waals surface area contributed by atoms with Gasteiger partial charge in [0.05, 0.1) is 5.25 Å². The number of rotatable bonds is 4.